The van der Waals surface area contributed by atoms with Crippen molar-refractivity contribution in [3.8, 4) is 11.1 Å². The average Bonchev–Trinajstić information content (AvgIpc) is 3.45. The van der Waals surface area contributed by atoms with Gasteiger partial charge in [-0.05, 0) is 107 Å². The molecule has 0 saturated carbocycles. The average molecular weight is 558 g/mol. The molecule has 0 N–H and O–H groups in total. The molecular weight excluding hydrogens is 516 g/mol. The normalized spacial score (nSPS) is 15.6. The van der Waals surface area contributed by atoms with Gasteiger partial charge in [0.15, 0.2) is 0 Å². The summed E-state index contributed by atoms with van der Waals surface area (Å²) in [6.45, 7) is 22.9. The Labute approximate surface area is 235 Å². The molecule has 2 heteroatoms. The number of hydrogen-bond donors (Lipinski definition) is 0. The second kappa shape index (κ2) is 10.9. The van der Waals surface area contributed by atoms with Crippen molar-refractivity contribution in [2.24, 2.45) is 0 Å². The van der Waals surface area contributed by atoms with E-state index in [1.54, 1.807) is 33.4 Å². The van der Waals surface area contributed by atoms with Crippen LogP contribution in [0.2, 0.25) is 18.6 Å². The van der Waals surface area contributed by atoms with Crippen molar-refractivity contribution < 1.29 is 26.2 Å². The van der Waals surface area contributed by atoms with Gasteiger partial charge in [0.05, 0.1) is 8.80 Å². The molecule has 0 unspecified atom stereocenters. The largest absolute Gasteiger partial charge is 0.165 e. The van der Waals surface area contributed by atoms with E-state index in [1.165, 1.54) is 63.4 Å². The number of rotatable bonds is 2. The monoisotopic (exact) mass is 556 g/mol. The van der Waals surface area contributed by atoms with Gasteiger partial charge in [0.25, 0.3) is 0 Å². The van der Waals surface area contributed by atoms with Gasteiger partial charge in [0.2, 0.25) is 0 Å². The fraction of sp³-hybridized carbons (Fsp3) is 0.424. The molecule has 0 bridgehead atoms. The molecule has 3 aromatic rings. The fourth-order valence-electron chi connectivity index (χ4n) is 6.32. The van der Waals surface area contributed by atoms with Crippen LogP contribution in [0.15, 0.2) is 52.6 Å². The van der Waals surface area contributed by atoms with Crippen LogP contribution in [0, 0.1) is 27.7 Å². The molecule has 0 saturated heterocycles. The molecule has 3 aromatic carbocycles. The summed E-state index contributed by atoms with van der Waals surface area (Å²) < 4.78 is 0. The summed E-state index contributed by atoms with van der Waals surface area (Å²) in [6.07, 6.45) is 3.78. The molecule has 35 heavy (non-hydrogen) atoms. The zero-order valence-electron chi connectivity index (χ0n) is 23.6. The SMILES string of the molecule is CC1=C(C)C([Si](C)C)C(C)=C1C.Cc1cc2c(-c3ccc(C)c(C)c3C)c3c(cc2[cH-]1)CCC3.[Zr]. The minimum atomic E-state index is -0.190. The summed E-state index contributed by atoms with van der Waals surface area (Å²) >= 11 is 0. The molecule has 0 amide bonds. The zero-order chi connectivity index (χ0) is 24.9. The fourth-order valence-corrected chi connectivity index (χ4v) is 8.49. The van der Waals surface area contributed by atoms with Gasteiger partial charge in [-0.2, -0.15) is 6.07 Å². The molecular formula is C33H42SiZr-. The van der Waals surface area contributed by atoms with Gasteiger partial charge in [-0.1, -0.05) is 60.0 Å². The summed E-state index contributed by atoms with van der Waals surface area (Å²) in [5.41, 5.74) is 18.9. The number of aryl methyl sites for hydroxylation is 3. The minimum Gasteiger partial charge on any atom is -0.165 e. The molecule has 0 fully saturated rings. The smallest absolute Gasteiger partial charge is 0.0547 e. The first-order valence-electron chi connectivity index (χ1n) is 13.0. The summed E-state index contributed by atoms with van der Waals surface area (Å²) in [5.74, 6) is 0. The van der Waals surface area contributed by atoms with Crippen LogP contribution < -0.4 is 0 Å². The van der Waals surface area contributed by atoms with E-state index in [4.69, 9.17) is 0 Å². The van der Waals surface area contributed by atoms with E-state index >= 15 is 0 Å². The molecule has 2 aliphatic rings. The van der Waals surface area contributed by atoms with E-state index in [2.05, 4.69) is 98.8 Å². The molecule has 0 nitrogen and oxygen atoms in total. The first-order valence-corrected chi connectivity index (χ1v) is 15.5. The van der Waals surface area contributed by atoms with Gasteiger partial charge in [0.1, 0.15) is 0 Å². The molecule has 0 atom stereocenters. The summed E-state index contributed by atoms with van der Waals surface area (Å²) in [5, 5.41) is 2.87. The van der Waals surface area contributed by atoms with Crippen molar-refractivity contribution in [1.29, 1.82) is 0 Å². The van der Waals surface area contributed by atoms with E-state index in [9.17, 15) is 0 Å². The first kappa shape index (κ1) is 28.2. The Hall–Kier alpha value is -1.37. The Morgan fingerprint density at radius 1 is 0.800 bits per heavy atom. The summed E-state index contributed by atoms with van der Waals surface area (Å²) in [7, 11) is -0.190. The number of hydrogen-bond acceptors (Lipinski definition) is 0. The summed E-state index contributed by atoms with van der Waals surface area (Å²) in [6, 6.07) is 11.8. The maximum absolute atomic E-state index is 2.44. The topological polar surface area (TPSA) is 0 Å². The van der Waals surface area contributed by atoms with Crippen molar-refractivity contribution in [1.82, 2.24) is 0 Å². The van der Waals surface area contributed by atoms with Crippen LogP contribution in [0.3, 0.4) is 0 Å². The van der Waals surface area contributed by atoms with E-state index < -0.39 is 0 Å². The number of fused-ring (bicyclic) bond motifs is 2. The van der Waals surface area contributed by atoms with Gasteiger partial charge in [0, 0.05) is 26.2 Å². The van der Waals surface area contributed by atoms with Crippen LogP contribution in [0.1, 0.15) is 67.5 Å². The summed E-state index contributed by atoms with van der Waals surface area (Å²) in [4.78, 5) is 0. The van der Waals surface area contributed by atoms with Crippen LogP contribution in [0.5, 0.6) is 0 Å². The van der Waals surface area contributed by atoms with E-state index in [-0.39, 0.29) is 35.0 Å². The Morgan fingerprint density at radius 3 is 2.00 bits per heavy atom. The van der Waals surface area contributed by atoms with Crippen LogP contribution >= 0.6 is 0 Å². The molecule has 0 spiro atoms. The predicted molar refractivity (Wildman–Crippen MR) is 154 cm³/mol. The minimum absolute atomic E-state index is 0. The van der Waals surface area contributed by atoms with Gasteiger partial charge in [-0.25, -0.2) is 0 Å². The standard InChI is InChI=1S/C22H23.C11H19Si.Zr/c1-13-10-18-12-17-6-5-7-20(17)22(21(18)11-13)19-9-8-14(2)15(3)16(19)4;1-7-8(2)10(4)11(9(7)3)12(5)6;/h8-12H,5-7H2,1-4H3;11H,1-6H3;/q-1;;. The van der Waals surface area contributed by atoms with Crippen molar-refractivity contribution >= 4 is 19.6 Å². The van der Waals surface area contributed by atoms with Crippen LogP contribution in [0.4, 0.5) is 0 Å². The maximum Gasteiger partial charge on any atom is 0.0547 e. The third kappa shape index (κ3) is 5.08. The van der Waals surface area contributed by atoms with E-state index in [0.717, 1.165) is 5.54 Å². The first-order chi connectivity index (χ1) is 16.0. The molecule has 0 aromatic heterocycles. The van der Waals surface area contributed by atoms with Crippen LogP contribution in [0.25, 0.3) is 21.9 Å². The predicted octanol–water partition coefficient (Wildman–Crippen LogP) is 9.74. The van der Waals surface area contributed by atoms with Crippen LogP contribution in [-0.4, -0.2) is 8.80 Å². The molecule has 1 radical (unpaired) electrons. The van der Waals surface area contributed by atoms with Gasteiger partial charge in [-0.3, -0.25) is 0 Å². The Balaban J connectivity index is 0.000000226. The Morgan fingerprint density at radius 2 is 1.43 bits per heavy atom. The van der Waals surface area contributed by atoms with Gasteiger partial charge in [-0.15, -0.1) is 28.5 Å². The molecule has 0 aliphatic heterocycles. The maximum atomic E-state index is 2.44. The molecule has 183 valence electrons. The van der Waals surface area contributed by atoms with Crippen LogP contribution in [-0.2, 0) is 39.0 Å². The van der Waals surface area contributed by atoms with Crippen molar-refractivity contribution in [2.45, 2.75) is 93.3 Å². The molecule has 5 rings (SSSR count). The van der Waals surface area contributed by atoms with Crippen molar-refractivity contribution in [2.75, 3.05) is 0 Å². The second-order valence-electron chi connectivity index (χ2n) is 11.1. The van der Waals surface area contributed by atoms with Crippen molar-refractivity contribution in [3.63, 3.8) is 0 Å². The van der Waals surface area contributed by atoms with Gasteiger partial charge < -0.3 is 0 Å². The molecule has 2 aliphatic carbocycles. The quantitative estimate of drug-likeness (QED) is 0.217. The third-order valence-corrected chi connectivity index (χ3v) is 10.8. The van der Waals surface area contributed by atoms with Gasteiger partial charge >= 0.3 is 0 Å². The van der Waals surface area contributed by atoms with Crippen molar-refractivity contribution in [3.05, 3.63) is 86.0 Å². The number of allylic oxidation sites excluding steroid dienone is 4. The third-order valence-electron chi connectivity index (χ3n) is 8.74. The van der Waals surface area contributed by atoms with E-state index in [1.807, 2.05) is 0 Å². The Kier molecular flexibility index (Phi) is 8.81. The molecule has 0 heterocycles. The Bertz CT molecular complexity index is 1310. The number of benzene rings is 2. The van der Waals surface area contributed by atoms with E-state index in [0.29, 0.717) is 0 Å². The second-order valence-corrected chi connectivity index (χ2v) is 13.8. The zero-order valence-corrected chi connectivity index (χ0v) is 27.0.